The summed E-state index contributed by atoms with van der Waals surface area (Å²) in [6.45, 7) is 4.04. The van der Waals surface area contributed by atoms with Gasteiger partial charge in [0.15, 0.2) is 0 Å². The Kier molecular flexibility index (Phi) is 7.79. The molecule has 0 aliphatic heterocycles. The minimum Gasteiger partial charge on any atom is -0.492 e. The predicted octanol–water partition coefficient (Wildman–Crippen LogP) is 1.02. The van der Waals surface area contributed by atoms with Gasteiger partial charge >= 0.3 is 0 Å². The second-order valence-electron chi connectivity index (χ2n) is 5.58. The SMILES string of the molecule is CC(N)CC(=O)NCCc1ccc(OCCN(C)C)cc1. The molecule has 1 atom stereocenters. The molecule has 0 saturated heterocycles. The highest BCUT2D eigenvalue weighted by atomic mass is 16.5. The highest BCUT2D eigenvalue weighted by molar-refractivity contribution is 5.76. The average Bonchev–Trinajstić information content (AvgIpc) is 2.39. The summed E-state index contributed by atoms with van der Waals surface area (Å²) < 4.78 is 5.63. The van der Waals surface area contributed by atoms with Crippen molar-refractivity contribution in [2.45, 2.75) is 25.8 Å². The quantitative estimate of drug-likeness (QED) is 0.713. The van der Waals surface area contributed by atoms with Gasteiger partial charge < -0.3 is 20.7 Å². The molecule has 1 rings (SSSR count). The molecule has 21 heavy (non-hydrogen) atoms. The first-order valence-electron chi connectivity index (χ1n) is 7.36. The van der Waals surface area contributed by atoms with Crippen LogP contribution in [0.25, 0.3) is 0 Å². The molecule has 0 aromatic heterocycles. The van der Waals surface area contributed by atoms with Crippen molar-refractivity contribution in [1.82, 2.24) is 10.2 Å². The van der Waals surface area contributed by atoms with Crippen molar-refractivity contribution < 1.29 is 9.53 Å². The number of ether oxygens (including phenoxy) is 1. The van der Waals surface area contributed by atoms with E-state index in [0.717, 1.165) is 18.7 Å². The number of carbonyl (C=O) groups is 1. The Morgan fingerprint density at radius 3 is 2.57 bits per heavy atom. The fraction of sp³-hybridized carbons (Fsp3) is 0.562. The summed E-state index contributed by atoms with van der Waals surface area (Å²) in [5.74, 6) is 0.884. The van der Waals surface area contributed by atoms with Crippen molar-refractivity contribution in [3.63, 3.8) is 0 Å². The number of hydrogen-bond acceptors (Lipinski definition) is 4. The van der Waals surface area contributed by atoms with Crippen LogP contribution in [0.2, 0.25) is 0 Å². The number of likely N-dealkylation sites (N-methyl/N-ethyl adjacent to an activating group) is 1. The maximum absolute atomic E-state index is 11.5. The molecular formula is C16H27N3O2. The number of amides is 1. The molecular weight excluding hydrogens is 266 g/mol. The Balaban J connectivity index is 2.26. The van der Waals surface area contributed by atoms with Gasteiger partial charge in [-0.15, -0.1) is 0 Å². The van der Waals surface area contributed by atoms with Gasteiger partial charge in [-0.2, -0.15) is 0 Å². The molecule has 1 aromatic carbocycles. The van der Waals surface area contributed by atoms with Crippen molar-refractivity contribution in [3.8, 4) is 5.75 Å². The zero-order chi connectivity index (χ0) is 15.7. The molecule has 0 fully saturated rings. The van der Waals surface area contributed by atoms with E-state index in [2.05, 4.69) is 10.2 Å². The summed E-state index contributed by atoms with van der Waals surface area (Å²) in [6.07, 6.45) is 1.18. The second-order valence-corrected chi connectivity index (χ2v) is 5.58. The van der Waals surface area contributed by atoms with E-state index in [4.69, 9.17) is 10.5 Å². The first-order chi connectivity index (χ1) is 9.97. The normalized spacial score (nSPS) is 12.2. The van der Waals surface area contributed by atoms with E-state index in [-0.39, 0.29) is 11.9 Å². The lowest BCUT2D eigenvalue weighted by Crippen LogP contribution is -2.31. The Morgan fingerprint density at radius 2 is 2.00 bits per heavy atom. The smallest absolute Gasteiger partial charge is 0.221 e. The van der Waals surface area contributed by atoms with Crippen LogP contribution in [0.15, 0.2) is 24.3 Å². The number of benzene rings is 1. The van der Waals surface area contributed by atoms with Gasteiger partial charge in [0.2, 0.25) is 5.91 Å². The number of nitrogens with zero attached hydrogens (tertiary/aromatic N) is 1. The summed E-state index contributed by atoms with van der Waals surface area (Å²) in [5.41, 5.74) is 6.75. The lowest BCUT2D eigenvalue weighted by Gasteiger charge is -2.11. The Hall–Kier alpha value is -1.59. The van der Waals surface area contributed by atoms with E-state index in [9.17, 15) is 4.79 Å². The Bertz CT molecular complexity index is 416. The molecule has 3 N–H and O–H groups in total. The molecule has 0 aliphatic rings. The Morgan fingerprint density at radius 1 is 1.33 bits per heavy atom. The molecule has 118 valence electrons. The highest BCUT2D eigenvalue weighted by Gasteiger charge is 2.04. The van der Waals surface area contributed by atoms with Gasteiger partial charge in [0, 0.05) is 25.6 Å². The van der Waals surface area contributed by atoms with Crippen LogP contribution in [0, 0.1) is 0 Å². The van der Waals surface area contributed by atoms with E-state index >= 15 is 0 Å². The van der Waals surface area contributed by atoms with Crippen molar-refractivity contribution in [3.05, 3.63) is 29.8 Å². The van der Waals surface area contributed by atoms with Crippen molar-refractivity contribution in [2.24, 2.45) is 5.73 Å². The molecule has 0 radical (unpaired) electrons. The van der Waals surface area contributed by atoms with Crippen LogP contribution < -0.4 is 15.8 Å². The van der Waals surface area contributed by atoms with Crippen molar-refractivity contribution in [2.75, 3.05) is 33.8 Å². The maximum Gasteiger partial charge on any atom is 0.221 e. The first kappa shape index (κ1) is 17.5. The minimum absolute atomic E-state index is 0.00800. The molecule has 0 spiro atoms. The monoisotopic (exact) mass is 293 g/mol. The summed E-state index contributed by atoms with van der Waals surface area (Å²) in [7, 11) is 4.04. The molecule has 0 heterocycles. The van der Waals surface area contributed by atoms with Crippen LogP contribution in [-0.2, 0) is 11.2 Å². The van der Waals surface area contributed by atoms with Crippen LogP contribution in [0.4, 0.5) is 0 Å². The lowest BCUT2D eigenvalue weighted by atomic mass is 10.1. The van der Waals surface area contributed by atoms with E-state index in [1.165, 1.54) is 5.56 Å². The third-order valence-corrected chi connectivity index (χ3v) is 2.97. The number of nitrogens with two attached hydrogens (primary N) is 1. The zero-order valence-electron chi connectivity index (χ0n) is 13.3. The van der Waals surface area contributed by atoms with Gasteiger partial charge in [0.25, 0.3) is 0 Å². The van der Waals surface area contributed by atoms with E-state index in [0.29, 0.717) is 19.6 Å². The Labute approximate surface area is 127 Å². The van der Waals surface area contributed by atoms with Gasteiger partial charge in [-0.05, 0) is 45.1 Å². The summed E-state index contributed by atoms with van der Waals surface area (Å²) in [6, 6.07) is 7.90. The zero-order valence-corrected chi connectivity index (χ0v) is 13.3. The highest BCUT2D eigenvalue weighted by Crippen LogP contribution is 2.12. The van der Waals surface area contributed by atoms with Gasteiger partial charge in [0.1, 0.15) is 12.4 Å². The molecule has 1 amide bonds. The molecule has 0 aliphatic carbocycles. The average molecular weight is 293 g/mol. The van der Waals surface area contributed by atoms with E-state index in [1.807, 2.05) is 45.3 Å². The first-order valence-corrected chi connectivity index (χ1v) is 7.36. The van der Waals surface area contributed by atoms with Crippen LogP contribution in [0.5, 0.6) is 5.75 Å². The van der Waals surface area contributed by atoms with E-state index < -0.39 is 0 Å². The fourth-order valence-corrected chi connectivity index (χ4v) is 1.81. The number of carbonyl (C=O) groups excluding carboxylic acids is 1. The van der Waals surface area contributed by atoms with Gasteiger partial charge in [-0.25, -0.2) is 0 Å². The maximum atomic E-state index is 11.5. The lowest BCUT2D eigenvalue weighted by molar-refractivity contribution is -0.121. The predicted molar refractivity (Wildman–Crippen MR) is 85.5 cm³/mol. The van der Waals surface area contributed by atoms with Crippen LogP contribution in [0.3, 0.4) is 0 Å². The van der Waals surface area contributed by atoms with Gasteiger partial charge in [-0.3, -0.25) is 4.79 Å². The third-order valence-electron chi connectivity index (χ3n) is 2.97. The fourth-order valence-electron chi connectivity index (χ4n) is 1.81. The van der Waals surface area contributed by atoms with Crippen LogP contribution in [0.1, 0.15) is 18.9 Å². The second kappa shape index (κ2) is 9.37. The minimum atomic E-state index is -0.0939. The van der Waals surface area contributed by atoms with Gasteiger partial charge in [0.05, 0.1) is 0 Å². The molecule has 5 nitrogen and oxygen atoms in total. The third kappa shape index (κ3) is 8.32. The van der Waals surface area contributed by atoms with Gasteiger partial charge in [-0.1, -0.05) is 12.1 Å². The summed E-state index contributed by atoms with van der Waals surface area (Å²) in [5, 5.41) is 2.87. The largest absolute Gasteiger partial charge is 0.492 e. The van der Waals surface area contributed by atoms with Crippen molar-refractivity contribution >= 4 is 5.91 Å². The van der Waals surface area contributed by atoms with E-state index in [1.54, 1.807) is 0 Å². The molecule has 0 saturated carbocycles. The molecule has 0 bridgehead atoms. The topological polar surface area (TPSA) is 67.6 Å². The van der Waals surface area contributed by atoms with Crippen molar-refractivity contribution in [1.29, 1.82) is 0 Å². The summed E-state index contributed by atoms with van der Waals surface area (Å²) >= 11 is 0. The molecule has 5 heteroatoms. The standard InChI is InChI=1S/C16H27N3O2/c1-13(17)12-16(20)18-9-8-14-4-6-15(7-5-14)21-11-10-19(2)3/h4-7,13H,8-12,17H2,1-3H3,(H,18,20). The number of rotatable bonds is 9. The summed E-state index contributed by atoms with van der Waals surface area (Å²) in [4.78, 5) is 13.5. The number of nitrogens with one attached hydrogen (secondary N) is 1. The molecule has 1 aromatic rings. The van der Waals surface area contributed by atoms with Crippen LogP contribution in [-0.4, -0.2) is 50.6 Å². The molecule has 1 unspecified atom stereocenters. The number of hydrogen-bond donors (Lipinski definition) is 2. The van der Waals surface area contributed by atoms with Crippen LogP contribution >= 0.6 is 0 Å².